The van der Waals surface area contributed by atoms with Gasteiger partial charge in [0, 0.05) is 18.7 Å². The Morgan fingerprint density at radius 3 is 2.75 bits per heavy atom. The fourth-order valence-electron chi connectivity index (χ4n) is 3.26. The molecular weight excluding hydrogens is 363 g/mol. The minimum Gasteiger partial charge on any atom is -0.481 e. The monoisotopic (exact) mass is 384 g/mol. The summed E-state index contributed by atoms with van der Waals surface area (Å²) in [6.07, 6.45) is 0.958. The van der Waals surface area contributed by atoms with Gasteiger partial charge in [-0.15, -0.1) is 0 Å². The van der Waals surface area contributed by atoms with E-state index in [4.69, 9.17) is 0 Å². The number of carboxylic acids is 1. The third-order valence-electron chi connectivity index (χ3n) is 4.76. The van der Waals surface area contributed by atoms with Crippen LogP contribution in [0.3, 0.4) is 0 Å². The summed E-state index contributed by atoms with van der Waals surface area (Å²) < 4.78 is 14.3. The molecule has 0 saturated heterocycles. The van der Waals surface area contributed by atoms with Crippen LogP contribution in [0, 0.1) is 18.7 Å². The average molecular weight is 384 g/mol. The van der Waals surface area contributed by atoms with Crippen LogP contribution in [0.15, 0.2) is 36.4 Å². The second kappa shape index (κ2) is 8.21. The Hall–Kier alpha value is -3.22. The molecule has 0 bridgehead atoms. The number of carbonyl (C=O) groups excluding carboxylic acids is 2. The SMILES string of the molecule is Cc1cccc(CC(CNC(=O)c2cc3c(cc2F)NC(=O)CC3)C(=O)O)c1. The van der Waals surface area contributed by atoms with Gasteiger partial charge in [-0.05, 0) is 43.0 Å². The molecule has 146 valence electrons. The number of benzene rings is 2. The van der Waals surface area contributed by atoms with E-state index >= 15 is 0 Å². The van der Waals surface area contributed by atoms with Gasteiger partial charge in [-0.3, -0.25) is 14.4 Å². The van der Waals surface area contributed by atoms with Gasteiger partial charge in [0.2, 0.25) is 5.91 Å². The Morgan fingerprint density at radius 2 is 2.04 bits per heavy atom. The van der Waals surface area contributed by atoms with Gasteiger partial charge in [-0.1, -0.05) is 29.8 Å². The normalized spacial score (nSPS) is 14.0. The lowest BCUT2D eigenvalue weighted by atomic mass is 9.97. The van der Waals surface area contributed by atoms with Crippen LogP contribution in [0.5, 0.6) is 0 Å². The lowest BCUT2D eigenvalue weighted by Crippen LogP contribution is -2.34. The van der Waals surface area contributed by atoms with E-state index in [2.05, 4.69) is 10.6 Å². The van der Waals surface area contributed by atoms with Crippen molar-refractivity contribution in [2.45, 2.75) is 26.2 Å². The van der Waals surface area contributed by atoms with Crippen molar-refractivity contribution in [1.82, 2.24) is 5.32 Å². The van der Waals surface area contributed by atoms with Crippen LogP contribution in [-0.2, 0) is 22.4 Å². The predicted molar refractivity (Wildman–Crippen MR) is 102 cm³/mol. The van der Waals surface area contributed by atoms with E-state index in [1.165, 1.54) is 6.07 Å². The second-order valence-corrected chi connectivity index (χ2v) is 6.98. The third kappa shape index (κ3) is 4.54. The molecule has 0 saturated carbocycles. The van der Waals surface area contributed by atoms with Crippen molar-refractivity contribution >= 4 is 23.5 Å². The van der Waals surface area contributed by atoms with E-state index in [0.29, 0.717) is 17.7 Å². The van der Waals surface area contributed by atoms with Crippen LogP contribution in [0.2, 0.25) is 0 Å². The van der Waals surface area contributed by atoms with Gasteiger partial charge >= 0.3 is 5.97 Å². The molecule has 2 aromatic carbocycles. The van der Waals surface area contributed by atoms with E-state index in [1.54, 1.807) is 0 Å². The Kier molecular flexibility index (Phi) is 5.73. The van der Waals surface area contributed by atoms with Crippen molar-refractivity contribution in [2.75, 3.05) is 11.9 Å². The fraction of sp³-hybridized carbons (Fsp3) is 0.286. The number of rotatable bonds is 6. The Bertz CT molecular complexity index is 942. The number of halogens is 1. The van der Waals surface area contributed by atoms with Crippen LogP contribution in [-0.4, -0.2) is 29.4 Å². The molecule has 0 aliphatic carbocycles. The standard InChI is InChI=1S/C21H21FN2O4/c1-12-3-2-4-13(7-12)8-15(21(27)28)11-23-20(26)16-9-14-5-6-19(25)24-18(14)10-17(16)22/h2-4,7,9-10,15H,5-6,8,11H2,1H3,(H,23,26)(H,24,25)(H,27,28). The van der Waals surface area contributed by atoms with E-state index in [-0.39, 0.29) is 30.9 Å². The van der Waals surface area contributed by atoms with E-state index in [1.807, 2.05) is 31.2 Å². The lowest BCUT2D eigenvalue weighted by Gasteiger charge is -2.18. The first-order chi connectivity index (χ1) is 13.3. The number of fused-ring (bicyclic) bond motifs is 1. The predicted octanol–water partition coefficient (Wildman–Crippen LogP) is 2.69. The Labute approximate surface area is 161 Å². The van der Waals surface area contributed by atoms with Crippen molar-refractivity contribution in [3.63, 3.8) is 0 Å². The van der Waals surface area contributed by atoms with Gasteiger partial charge in [-0.25, -0.2) is 4.39 Å². The highest BCUT2D eigenvalue weighted by atomic mass is 19.1. The minimum atomic E-state index is -1.03. The number of aliphatic carboxylic acids is 1. The van der Waals surface area contributed by atoms with Crippen LogP contribution in [0.25, 0.3) is 0 Å². The Morgan fingerprint density at radius 1 is 1.25 bits per heavy atom. The largest absolute Gasteiger partial charge is 0.481 e. The molecule has 1 heterocycles. The van der Waals surface area contributed by atoms with Gasteiger partial charge in [0.05, 0.1) is 11.5 Å². The summed E-state index contributed by atoms with van der Waals surface area (Å²) in [6.45, 7) is 1.80. The summed E-state index contributed by atoms with van der Waals surface area (Å²) in [5.74, 6) is -3.48. The summed E-state index contributed by atoms with van der Waals surface area (Å²) >= 11 is 0. The first-order valence-electron chi connectivity index (χ1n) is 9.02. The quantitative estimate of drug-likeness (QED) is 0.714. The topological polar surface area (TPSA) is 95.5 Å². The van der Waals surface area contributed by atoms with Crippen molar-refractivity contribution in [1.29, 1.82) is 0 Å². The molecule has 2 amide bonds. The van der Waals surface area contributed by atoms with Crippen LogP contribution >= 0.6 is 0 Å². The zero-order valence-electron chi connectivity index (χ0n) is 15.4. The highest BCUT2D eigenvalue weighted by molar-refractivity contribution is 5.98. The molecule has 0 aromatic heterocycles. The molecule has 1 atom stereocenters. The van der Waals surface area contributed by atoms with Gasteiger partial charge in [-0.2, -0.15) is 0 Å². The van der Waals surface area contributed by atoms with Crippen molar-refractivity contribution in [2.24, 2.45) is 5.92 Å². The summed E-state index contributed by atoms with van der Waals surface area (Å²) in [5.41, 5.74) is 2.77. The number of carbonyl (C=O) groups is 3. The lowest BCUT2D eigenvalue weighted by molar-refractivity contribution is -0.141. The molecule has 0 spiro atoms. The maximum Gasteiger partial charge on any atom is 0.308 e. The molecule has 6 nitrogen and oxygen atoms in total. The van der Waals surface area contributed by atoms with Gasteiger partial charge in [0.1, 0.15) is 5.82 Å². The summed E-state index contributed by atoms with van der Waals surface area (Å²) in [4.78, 5) is 35.4. The number of hydrogen-bond acceptors (Lipinski definition) is 3. The first-order valence-corrected chi connectivity index (χ1v) is 9.02. The number of carboxylic acid groups (broad SMARTS) is 1. The molecular formula is C21H21FN2O4. The summed E-state index contributed by atoms with van der Waals surface area (Å²) in [5, 5.41) is 14.6. The molecule has 28 heavy (non-hydrogen) atoms. The molecule has 0 radical (unpaired) electrons. The zero-order chi connectivity index (χ0) is 20.3. The van der Waals surface area contributed by atoms with Crippen molar-refractivity contribution in [3.8, 4) is 0 Å². The highest BCUT2D eigenvalue weighted by Crippen LogP contribution is 2.26. The van der Waals surface area contributed by atoms with Gasteiger partial charge in [0.25, 0.3) is 5.91 Å². The molecule has 1 unspecified atom stereocenters. The number of aryl methyl sites for hydroxylation is 2. The maximum atomic E-state index is 14.3. The first kappa shape index (κ1) is 19.5. The van der Waals surface area contributed by atoms with Gasteiger partial charge in [0.15, 0.2) is 0 Å². The maximum absolute atomic E-state index is 14.3. The minimum absolute atomic E-state index is 0.116. The molecule has 7 heteroatoms. The molecule has 1 aliphatic rings. The Balaban J connectivity index is 1.69. The summed E-state index contributed by atoms with van der Waals surface area (Å²) in [7, 11) is 0. The van der Waals surface area contributed by atoms with E-state index in [9.17, 15) is 23.9 Å². The van der Waals surface area contributed by atoms with Crippen molar-refractivity contribution in [3.05, 3.63) is 64.5 Å². The van der Waals surface area contributed by atoms with E-state index in [0.717, 1.165) is 17.2 Å². The molecule has 0 fully saturated rings. The smallest absolute Gasteiger partial charge is 0.308 e. The van der Waals surface area contributed by atoms with Crippen LogP contribution in [0.1, 0.15) is 33.5 Å². The van der Waals surface area contributed by atoms with Crippen molar-refractivity contribution < 1.29 is 23.9 Å². The van der Waals surface area contributed by atoms with Crippen LogP contribution < -0.4 is 10.6 Å². The highest BCUT2D eigenvalue weighted by Gasteiger charge is 2.23. The average Bonchev–Trinajstić information content (AvgIpc) is 2.64. The molecule has 2 aromatic rings. The number of nitrogens with one attached hydrogen (secondary N) is 2. The summed E-state index contributed by atoms with van der Waals surface area (Å²) in [6, 6.07) is 10.0. The second-order valence-electron chi connectivity index (χ2n) is 6.98. The third-order valence-corrected chi connectivity index (χ3v) is 4.76. The molecule has 3 rings (SSSR count). The number of amides is 2. The zero-order valence-corrected chi connectivity index (χ0v) is 15.4. The van der Waals surface area contributed by atoms with Crippen LogP contribution in [0.4, 0.5) is 10.1 Å². The molecule has 3 N–H and O–H groups in total. The number of anilines is 1. The fourth-order valence-corrected chi connectivity index (χ4v) is 3.26. The van der Waals surface area contributed by atoms with Gasteiger partial charge < -0.3 is 15.7 Å². The van der Waals surface area contributed by atoms with E-state index < -0.39 is 23.6 Å². The molecule has 1 aliphatic heterocycles. The number of hydrogen-bond donors (Lipinski definition) is 3.